The van der Waals surface area contributed by atoms with Crippen LogP contribution >= 0.6 is 0 Å². The van der Waals surface area contributed by atoms with Crippen molar-refractivity contribution in [3.63, 3.8) is 0 Å². The molecule has 0 aliphatic carbocycles. The van der Waals surface area contributed by atoms with Gasteiger partial charge in [-0.25, -0.2) is 18.0 Å². The van der Waals surface area contributed by atoms with E-state index >= 15 is 0 Å². The highest BCUT2D eigenvalue weighted by atomic mass is 32.2. The number of carbonyl (C=O) groups excluding carboxylic acids is 1. The summed E-state index contributed by atoms with van der Waals surface area (Å²) in [7, 11) is -3.94. The molecule has 3 aromatic rings. The third-order valence-electron chi connectivity index (χ3n) is 6.29. The van der Waals surface area contributed by atoms with Gasteiger partial charge < -0.3 is 9.15 Å². The molecule has 7 nitrogen and oxygen atoms in total. The topological polar surface area (TPSA) is 103 Å². The van der Waals surface area contributed by atoms with Crippen LogP contribution in [0.4, 0.5) is 0 Å². The first-order chi connectivity index (χ1) is 16.6. The predicted molar refractivity (Wildman–Crippen MR) is 136 cm³/mol. The van der Waals surface area contributed by atoms with E-state index in [9.17, 15) is 18.0 Å². The number of hydrogen-bond acceptors (Lipinski definition) is 6. The van der Waals surface area contributed by atoms with Crippen LogP contribution in [0.5, 0.6) is 5.75 Å². The lowest BCUT2D eigenvalue weighted by Crippen LogP contribution is -2.47. The first-order valence-corrected chi connectivity index (χ1v) is 13.4. The molecule has 2 aromatic carbocycles. The van der Waals surface area contributed by atoms with Crippen molar-refractivity contribution >= 4 is 27.0 Å². The molecule has 0 saturated carbocycles. The SMILES string of the molecule is CCCCc1cc(=O)oc2c(C)c(OC(=O)[C@H](NS(=O)(=O)c3ccc(C)cc3)[C@H](C)CC)ccc12. The molecule has 0 aliphatic heterocycles. The number of nitrogens with one attached hydrogen (secondary N) is 1. The van der Waals surface area contributed by atoms with Crippen LogP contribution in [0.1, 0.15) is 56.7 Å². The van der Waals surface area contributed by atoms with Crippen molar-refractivity contribution in [1.29, 1.82) is 0 Å². The Kier molecular flexibility index (Phi) is 8.51. The highest BCUT2D eigenvalue weighted by Crippen LogP contribution is 2.30. The largest absolute Gasteiger partial charge is 0.425 e. The number of sulfonamides is 1. The van der Waals surface area contributed by atoms with Gasteiger partial charge in [0.2, 0.25) is 10.0 Å². The summed E-state index contributed by atoms with van der Waals surface area (Å²) >= 11 is 0. The summed E-state index contributed by atoms with van der Waals surface area (Å²) in [6, 6.07) is 10.2. The predicted octanol–water partition coefficient (Wildman–Crippen LogP) is 5.05. The van der Waals surface area contributed by atoms with Gasteiger partial charge in [-0.15, -0.1) is 0 Å². The zero-order chi connectivity index (χ0) is 25.8. The van der Waals surface area contributed by atoms with Gasteiger partial charge in [0, 0.05) is 17.0 Å². The fourth-order valence-electron chi connectivity index (χ4n) is 3.85. The monoisotopic (exact) mass is 499 g/mol. The van der Waals surface area contributed by atoms with Crippen LogP contribution in [0.15, 0.2) is 56.6 Å². The molecular weight excluding hydrogens is 466 g/mol. The summed E-state index contributed by atoms with van der Waals surface area (Å²) in [5.41, 5.74) is 2.24. The molecule has 0 fully saturated rings. The van der Waals surface area contributed by atoms with E-state index in [-0.39, 0.29) is 16.6 Å². The maximum Gasteiger partial charge on any atom is 0.336 e. The molecule has 0 saturated heterocycles. The molecule has 188 valence electrons. The number of aryl methyl sites for hydroxylation is 3. The number of carbonyl (C=O) groups is 1. The molecule has 1 N–H and O–H groups in total. The Balaban J connectivity index is 1.92. The van der Waals surface area contributed by atoms with Gasteiger partial charge >= 0.3 is 11.6 Å². The molecule has 2 atom stereocenters. The first kappa shape index (κ1) is 26.6. The van der Waals surface area contributed by atoms with Crippen molar-refractivity contribution in [2.24, 2.45) is 5.92 Å². The smallest absolute Gasteiger partial charge is 0.336 e. The van der Waals surface area contributed by atoms with Gasteiger partial charge in [0.1, 0.15) is 17.4 Å². The minimum Gasteiger partial charge on any atom is -0.425 e. The number of esters is 1. The summed E-state index contributed by atoms with van der Waals surface area (Å²) in [5, 5.41) is 0.800. The second kappa shape index (κ2) is 11.2. The van der Waals surface area contributed by atoms with Crippen LogP contribution in [0.25, 0.3) is 11.0 Å². The quantitative estimate of drug-likeness (QED) is 0.238. The Labute approximate surface area is 206 Å². The molecule has 0 spiro atoms. The van der Waals surface area contributed by atoms with Gasteiger partial charge in [-0.3, -0.25) is 0 Å². The Morgan fingerprint density at radius 3 is 2.40 bits per heavy atom. The average Bonchev–Trinajstić information content (AvgIpc) is 2.82. The summed E-state index contributed by atoms with van der Waals surface area (Å²) < 4.78 is 39.6. The lowest BCUT2D eigenvalue weighted by Gasteiger charge is -2.23. The normalized spacial score (nSPS) is 13.5. The standard InChI is InChI=1S/C27H33NO6S/c1-6-8-9-20-16-24(29)34-26-19(5)23(15-14-22(20)26)33-27(30)25(18(4)7-2)28-35(31,32)21-12-10-17(3)11-13-21/h10-16,18,25,28H,6-9H2,1-5H3/t18-,25-/m1/s1. The van der Waals surface area contributed by atoms with Crippen molar-refractivity contribution < 1.29 is 22.4 Å². The lowest BCUT2D eigenvalue weighted by atomic mass is 10.00. The Hall–Kier alpha value is -2.97. The van der Waals surface area contributed by atoms with Crippen LogP contribution in [0, 0.1) is 19.8 Å². The minimum atomic E-state index is -3.94. The van der Waals surface area contributed by atoms with E-state index in [0.29, 0.717) is 17.6 Å². The van der Waals surface area contributed by atoms with E-state index in [2.05, 4.69) is 11.6 Å². The van der Waals surface area contributed by atoms with E-state index in [1.54, 1.807) is 38.1 Å². The van der Waals surface area contributed by atoms with Crippen molar-refractivity contribution in [3.8, 4) is 5.75 Å². The second-order valence-corrected chi connectivity index (χ2v) is 10.7. The number of fused-ring (bicyclic) bond motifs is 1. The van der Waals surface area contributed by atoms with Crippen LogP contribution in [-0.2, 0) is 21.2 Å². The fraction of sp³-hybridized carbons (Fsp3) is 0.407. The first-order valence-electron chi connectivity index (χ1n) is 11.9. The van der Waals surface area contributed by atoms with Gasteiger partial charge in [0.25, 0.3) is 0 Å². The van der Waals surface area contributed by atoms with Crippen LogP contribution < -0.4 is 15.1 Å². The number of unbranched alkanes of at least 4 members (excludes halogenated alkanes) is 1. The average molecular weight is 500 g/mol. The van der Waals surface area contributed by atoms with Crippen molar-refractivity contribution in [2.45, 2.75) is 71.2 Å². The molecule has 0 amide bonds. The number of hydrogen-bond donors (Lipinski definition) is 1. The Morgan fingerprint density at radius 1 is 1.09 bits per heavy atom. The van der Waals surface area contributed by atoms with E-state index in [1.165, 1.54) is 18.2 Å². The molecule has 8 heteroatoms. The number of benzene rings is 2. The highest BCUT2D eigenvalue weighted by molar-refractivity contribution is 7.89. The Bertz CT molecular complexity index is 1360. The van der Waals surface area contributed by atoms with Gasteiger partial charge in [-0.05, 0) is 62.4 Å². The van der Waals surface area contributed by atoms with E-state index in [4.69, 9.17) is 9.15 Å². The molecule has 1 heterocycles. The van der Waals surface area contributed by atoms with Gasteiger partial charge in [-0.2, -0.15) is 4.72 Å². The van der Waals surface area contributed by atoms with Crippen molar-refractivity contribution in [1.82, 2.24) is 4.72 Å². The maximum absolute atomic E-state index is 13.2. The van der Waals surface area contributed by atoms with Crippen LogP contribution in [-0.4, -0.2) is 20.4 Å². The summed E-state index contributed by atoms with van der Waals surface area (Å²) in [4.78, 5) is 25.4. The van der Waals surface area contributed by atoms with Gasteiger partial charge in [0.15, 0.2) is 0 Å². The van der Waals surface area contributed by atoms with Crippen molar-refractivity contribution in [2.75, 3.05) is 0 Å². The van der Waals surface area contributed by atoms with E-state index in [1.807, 2.05) is 13.8 Å². The number of ether oxygens (including phenoxy) is 1. The van der Waals surface area contributed by atoms with Crippen molar-refractivity contribution in [3.05, 3.63) is 69.6 Å². The summed E-state index contributed by atoms with van der Waals surface area (Å²) in [6.45, 7) is 9.32. The van der Waals surface area contributed by atoms with Gasteiger partial charge in [-0.1, -0.05) is 51.3 Å². The summed E-state index contributed by atoms with van der Waals surface area (Å²) in [5.74, 6) is -0.815. The lowest BCUT2D eigenvalue weighted by molar-refractivity contribution is -0.137. The maximum atomic E-state index is 13.2. The van der Waals surface area contributed by atoms with Crippen LogP contribution in [0.3, 0.4) is 0 Å². The van der Waals surface area contributed by atoms with E-state index in [0.717, 1.165) is 35.8 Å². The third-order valence-corrected chi connectivity index (χ3v) is 7.74. The Morgan fingerprint density at radius 2 is 1.77 bits per heavy atom. The fourth-order valence-corrected chi connectivity index (χ4v) is 5.14. The molecular formula is C27H33NO6S. The minimum absolute atomic E-state index is 0.0764. The molecule has 0 aliphatic rings. The van der Waals surface area contributed by atoms with Crippen LogP contribution in [0.2, 0.25) is 0 Å². The molecule has 0 bridgehead atoms. The summed E-state index contributed by atoms with van der Waals surface area (Å²) in [6.07, 6.45) is 3.23. The van der Waals surface area contributed by atoms with E-state index < -0.39 is 27.7 Å². The van der Waals surface area contributed by atoms with Gasteiger partial charge in [0.05, 0.1) is 4.90 Å². The molecule has 3 rings (SSSR count). The zero-order valence-electron chi connectivity index (χ0n) is 20.9. The highest BCUT2D eigenvalue weighted by Gasteiger charge is 2.32. The third kappa shape index (κ3) is 6.18. The molecule has 1 aromatic heterocycles. The second-order valence-electron chi connectivity index (χ2n) is 8.98. The number of rotatable bonds is 10. The molecule has 0 radical (unpaired) electrons. The molecule has 0 unspecified atom stereocenters. The molecule has 35 heavy (non-hydrogen) atoms. The zero-order valence-corrected chi connectivity index (χ0v) is 21.7.